The Balaban J connectivity index is 1.44. The molecule has 0 unspecified atom stereocenters. The van der Waals surface area contributed by atoms with E-state index in [9.17, 15) is 0 Å². The first-order chi connectivity index (χ1) is 13.6. The summed E-state index contributed by atoms with van der Waals surface area (Å²) in [5.74, 6) is 1.81. The van der Waals surface area contributed by atoms with Gasteiger partial charge in [-0.2, -0.15) is 0 Å². The van der Waals surface area contributed by atoms with Gasteiger partial charge in [-0.1, -0.05) is 36.4 Å². The predicted octanol–water partition coefficient (Wildman–Crippen LogP) is 2.48. The lowest BCUT2D eigenvalue weighted by Crippen LogP contribution is -2.48. The van der Waals surface area contributed by atoms with Crippen molar-refractivity contribution >= 4 is 11.8 Å². The fourth-order valence-electron chi connectivity index (χ4n) is 3.45. The van der Waals surface area contributed by atoms with Gasteiger partial charge in [-0.3, -0.25) is 9.89 Å². The van der Waals surface area contributed by atoms with E-state index in [0.717, 1.165) is 49.9 Å². The van der Waals surface area contributed by atoms with Gasteiger partial charge >= 0.3 is 0 Å². The molecular formula is C22H32N6. The highest BCUT2D eigenvalue weighted by molar-refractivity contribution is 5.79. The van der Waals surface area contributed by atoms with Gasteiger partial charge in [0.05, 0.1) is 12.2 Å². The predicted molar refractivity (Wildman–Crippen MR) is 117 cm³/mol. The minimum Gasteiger partial charge on any atom is -0.363 e. The number of guanidine groups is 1. The van der Waals surface area contributed by atoms with Crippen LogP contribution in [-0.2, 0) is 13.1 Å². The Morgan fingerprint density at radius 1 is 1.11 bits per heavy atom. The third kappa shape index (κ3) is 5.96. The van der Waals surface area contributed by atoms with Gasteiger partial charge in [0.2, 0.25) is 0 Å². The maximum atomic E-state index is 4.65. The Hall–Kier alpha value is -2.60. The number of piperidine rings is 1. The maximum absolute atomic E-state index is 4.65. The highest BCUT2D eigenvalue weighted by atomic mass is 15.2. The molecule has 0 aliphatic carbocycles. The smallest absolute Gasteiger partial charge is 0.191 e. The zero-order valence-electron chi connectivity index (χ0n) is 17.2. The number of pyridine rings is 1. The molecule has 150 valence electrons. The average Bonchev–Trinajstić information content (AvgIpc) is 2.73. The van der Waals surface area contributed by atoms with Crippen molar-refractivity contribution in [3.63, 3.8) is 0 Å². The summed E-state index contributed by atoms with van der Waals surface area (Å²) in [5.41, 5.74) is 2.39. The first kappa shape index (κ1) is 20.1. The molecule has 1 aromatic carbocycles. The van der Waals surface area contributed by atoms with Crippen molar-refractivity contribution in [1.29, 1.82) is 0 Å². The summed E-state index contributed by atoms with van der Waals surface area (Å²) >= 11 is 0. The minimum absolute atomic E-state index is 0.458. The molecule has 0 bridgehead atoms. The summed E-state index contributed by atoms with van der Waals surface area (Å²) in [6, 6.07) is 17.3. The Bertz CT molecular complexity index is 751. The SMILES string of the molecule is CN=C(NCc1cccc(N(C)C)n1)NC1CCN(Cc2ccccc2)CC1. The Kier molecular flexibility index (Phi) is 7.25. The first-order valence-corrected chi connectivity index (χ1v) is 10.0. The van der Waals surface area contributed by atoms with E-state index >= 15 is 0 Å². The molecule has 2 aromatic rings. The van der Waals surface area contributed by atoms with Crippen LogP contribution in [-0.4, -0.2) is 56.1 Å². The molecular weight excluding hydrogens is 348 g/mol. The second-order valence-electron chi connectivity index (χ2n) is 7.49. The highest BCUT2D eigenvalue weighted by Crippen LogP contribution is 2.14. The molecule has 0 radical (unpaired) electrons. The maximum Gasteiger partial charge on any atom is 0.191 e. The van der Waals surface area contributed by atoms with E-state index in [1.807, 2.05) is 44.2 Å². The number of benzene rings is 1. The van der Waals surface area contributed by atoms with Crippen molar-refractivity contribution in [2.45, 2.75) is 32.0 Å². The van der Waals surface area contributed by atoms with Crippen LogP contribution in [0.2, 0.25) is 0 Å². The van der Waals surface area contributed by atoms with Crippen LogP contribution in [0.3, 0.4) is 0 Å². The fraction of sp³-hybridized carbons (Fsp3) is 0.455. The van der Waals surface area contributed by atoms with E-state index < -0.39 is 0 Å². The van der Waals surface area contributed by atoms with Crippen molar-refractivity contribution in [3.05, 3.63) is 59.8 Å². The zero-order chi connectivity index (χ0) is 19.8. The average molecular weight is 381 g/mol. The van der Waals surface area contributed by atoms with Gasteiger partial charge in [-0.15, -0.1) is 0 Å². The van der Waals surface area contributed by atoms with Crippen molar-refractivity contribution in [2.75, 3.05) is 39.1 Å². The van der Waals surface area contributed by atoms with Crippen molar-refractivity contribution in [2.24, 2.45) is 4.99 Å². The molecule has 28 heavy (non-hydrogen) atoms. The van der Waals surface area contributed by atoms with Crippen LogP contribution >= 0.6 is 0 Å². The second-order valence-corrected chi connectivity index (χ2v) is 7.49. The number of hydrogen-bond donors (Lipinski definition) is 2. The molecule has 0 amide bonds. The molecule has 1 saturated heterocycles. The van der Waals surface area contributed by atoms with Gasteiger partial charge in [0, 0.05) is 46.8 Å². The summed E-state index contributed by atoms with van der Waals surface area (Å²) < 4.78 is 0. The molecule has 0 spiro atoms. The molecule has 6 heteroatoms. The monoisotopic (exact) mass is 380 g/mol. The van der Waals surface area contributed by atoms with Crippen molar-refractivity contribution < 1.29 is 0 Å². The lowest BCUT2D eigenvalue weighted by Gasteiger charge is -2.33. The molecule has 2 heterocycles. The topological polar surface area (TPSA) is 55.8 Å². The third-order valence-electron chi connectivity index (χ3n) is 5.09. The summed E-state index contributed by atoms with van der Waals surface area (Å²) in [6.45, 7) is 3.91. The van der Waals surface area contributed by atoms with Crippen LogP contribution in [0.5, 0.6) is 0 Å². The third-order valence-corrected chi connectivity index (χ3v) is 5.09. The normalized spacial score (nSPS) is 16.0. The number of rotatable bonds is 6. The number of aromatic nitrogens is 1. The summed E-state index contributed by atoms with van der Waals surface area (Å²) in [4.78, 5) is 13.6. The lowest BCUT2D eigenvalue weighted by molar-refractivity contribution is 0.198. The number of anilines is 1. The number of likely N-dealkylation sites (tertiary alicyclic amines) is 1. The molecule has 1 aliphatic heterocycles. The molecule has 3 rings (SSSR count). The summed E-state index contributed by atoms with van der Waals surface area (Å²) in [7, 11) is 5.83. The van der Waals surface area contributed by atoms with Gasteiger partial charge in [0.1, 0.15) is 5.82 Å². The molecule has 0 saturated carbocycles. The van der Waals surface area contributed by atoms with Crippen LogP contribution < -0.4 is 15.5 Å². The van der Waals surface area contributed by atoms with Gasteiger partial charge in [0.25, 0.3) is 0 Å². The summed E-state index contributed by atoms with van der Waals surface area (Å²) in [6.07, 6.45) is 2.25. The van der Waals surface area contributed by atoms with Crippen molar-refractivity contribution in [3.8, 4) is 0 Å². The summed E-state index contributed by atoms with van der Waals surface area (Å²) in [5, 5.41) is 6.97. The molecule has 6 nitrogen and oxygen atoms in total. The van der Waals surface area contributed by atoms with E-state index in [4.69, 9.17) is 0 Å². The van der Waals surface area contributed by atoms with Crippen LogP contribution in [0.25, 0.3) is 0 Å². The fourth-order valence-corrected chi connectivity index (χ4v) is 3.45. The van der Waals surface area contributed by atoms with Gasteiger partial charge in [0.15, 0.2) is 5.96 Å². The molecule has 0 atom stereocenters. The highest BCUT2D eigenvalue weighted by Gasteiger charge is 2.20. The van der Waals surface area contributed by atoms with Crippen LogP contribution in [0.4, 0.5) is 5.82 Å². The second kappa shape index (κ2) is 10.1. The number of nitrogens with zero attached hydrogens (tertiary/aromatic N) is 4. The molecule has 1 aliphatic rings. The van der Waals surface area contributed by atoms with Gasteiger partial charge in [-0.05, 0) is 30.5 Å². The number of nitrogens with one attached hydrogen (secondary N) is 2. The standard InChI is InChI=1S/C22H32N6/c1-23-22(24-16-20-10-7-11-21(25-20)27(2)3)26-19-12-14-28(15-13-19)17-18-8-5-4-6-9-18/h4-11,19H,12-17H2,1-3H3,(H2,23,24,26). The molecule has 1 fully saturated rings. The quantitative estimate of drug-likeness (QED) is 0.596. The molecule has 1 aromatic heterocycles. The zero-order valence-corrected chi connectivity index (χ0v) is 17.2. The van der Waals surface area contributed by atoms with E-state index in [-0.39, 0.29) is 0 Å². The first-order valence-electron chi connectivity index (χ1n) is 10.0. The van der Waals surface area contributed by atoms with Gasteiger partial charge < -0.3 is 15.5 Å². The Morgan fingerprint density at radius 2 is 1.86 bits per heavy atom. The minimum atomic E-state index is 0.458. The van der Waals surface area contributed by atoms with Crippen LogP contribution in [0.15, 0.2) is 53.5 Å². The van der Waals surface area contributed by atoms with Crippen LogP contribution in [0.1, 0.15) is 24.1 Å². The van der Waals surface area contributed by atoms with E-state index in [2.05, 4.69) is 55.8 Å². The van der Waals surface area contributed by atoms with Crippen LogP contribution in [0, 0.1) is 0 Å². The van der Waals surface area contributed by atoms with E-state index in [1.54, 1.807) is 0 Å². The lowest BCUT2D eigenvalue weighted by atomic mass is 10.0. The molecule has 2 N–H and O–H groups in total. The van der Waals surface area contributed by atoms with E-state index in [1.165, 1.54) is 5.56 Å². The largest absolute Gasteiger partial charge is 0.363 e. The number of hydrogen-bond acceptors (Lipinski definition) is 4. The van der Waals surface area contributed by atoms with Crippen molar-refractivity contribution in [1.82, 2.24) is 20.5 Å². The van der Waals surface area contributed by atoms with E-state index in [0.29, 0.717) is 12.6 Å². The Morgan fingerprint density at radius 3 is 2.54 bits per heavy atom. The number of aliphatic imine (C=N–C) groups is 1. The Labute approximate surface area is 168 Å². The van der Waals surface area contributed by atoms with Gasteiger partial charge in [-0.25, -0.2) is 4.98 Å².